The molecular weight excluding hydrogens is 368 g/mol. The fraction of sp³-hybridized carbons (Fsp3) is 0.238. The molecule has 0 saturated heterocycles. The van der Waals surface area contributed by atoms with E-state index in [1.807, 2.05) is 12.1 Å². The van der Waals surface area contributed by atoms with Gasteiger partial charge in [0.1, 0.15) is 5.69 Å². The Bertz CT molecular complexity index is 1060. The Morgan fingerprint density at radius 2 is 2.03 bits per heavy atom. The maximum atomic E-state index is 12.3. The average molecular weight is 390 g/mol. The monoisotopic (exact) mass is 390 g/mol. The Balaban J connectivity index is 1.36. The molecule has 4 rings (SSSR count). The SMILES string of the molecule is Cn1cc(-c2cccc(NC(=O)C(=O)NCc3ccc4c(c3)CCNC4)c2)nn1. The molecule has 1 aromatic heterocycles. The van der Waals surface area contributed by atoms with Crippen LogP contribution >= 0.6 is 0 Å². The Kier molecular flexibility index (Phi) is 5.35. The van der Waals surface area contributed by atoms with Gasteiger partial charge in [-0.25, -0.2) is 0 Å². The van der Waals surface area contributed by atoms with Crippen LogP contribution in [0.25, 0.3) is 11.3 Å². The van der Waals surface area contributed by atoms with Gasteiger partial charge in [0.05, 0.1) is 6.20 Å². The zero-order valence-electron chi connectivity index (χ0n) is 16.1. The molecule has 0 aliphatic carbocycles. The van der Waals surface area contributed by atoms with E-state index in [1.54, 1.807) is 36.1 Å². The number of carbonyl (C=O) groups excluding carboxylic acids is 2. The summed E-state index contributed by atoms with van der Waals surface area (Å²) in [4.78, 5) is 24.5. The number of amides is 2. The van der Waals surface area contributed by atoms with Gasteiger partial charge >= 0.3 is 11.8 Å². The second kappa shape index (κ2) is 8.24. The van der Waals surface area contributed by atoms with Crippen LogP contribution in [0.4, 0.5) is 5.69 Å². The van der Waals surface area contributed by atoms with E-state index in [9.17, 15) is 9.59 Å². The van der Waals surface area contributed by atoms with Crippen molar-refractivity contribution >= 4 is 17.5 Å². The van der Waals surface area contributed by atoms with Crippen LogP contribution < -0.4 is 16.0 Å². The number of carbonyl (C=O) groups is 2. The zero-order chi connectivity index (χ0) is 20.2. The highest BCUT2D eigenvalue weighted by atomic mass is 16.2. The Morgan fingerprint density at radius 3 is 2.86 bits per heavy atom. The first-order valence-corrected chi connectivity index (χ1v) is 9.46. The summed E-state index contributed by atoms with van der Waals surface area (Å²) < 4.78 is 1.60. The summed E-state index contributed by atoms with van der Waals surface area (Å²) >= 11 is 0. The van der Waals surface area contributed by atoms with Crippen molar-refractivity contribution in [2.24, 2.45) is 7.05 Å². The molecule has 0 fully saturated rings. The first-order valence-electron chi connectivity index (χ1n) is 9.46. The van der Waals surface area contributed by atoms with Gasteiger partial charge in [0.2, 0.25) is 0 Å². The molecule has 0 unspecified atom stereocenters. The number of hydrogen-bond donors (Lipinski definition) is 3. The summed E-state index contributed by atoms with van der Waals surface area (Å²) in [5, 5.41) is 16.6. The van der Waals surface area contributed by atoms with Gasteiger partial charge in [-0.2, -0.15) is 0 Å². The van der Waals surface area contributed by atoms with Crippen LogP contribution in [0.15, 0.2) is 48.7 Å². The summed E-state index contributed by atoms with van der Waals surface area (Å²) in [6.45, 7) is 2.14. The van der Waals surface area contributed by atoms with Crippen LogP contribution in [-0.4, -0.2) is 33.4 Å². The van der Waals surface area contributed by atoms with Crippen LogP contribution in [0, 0.1) is 0 Å². The molecule has 2 aromatic carbocycles. The molecule has 148 valence electrons. The van der Waals surface area contributed by atoms with Crippen LogP contribution in [0.1, 0.15) is 16.7 Å². The van der Waals surface area contributed by atoms with Crippen molar-refractivity contribution in [3.8, 4) is 11.3 Å². The molecule has 2 amide bonds. The first-order chi connectivity index (χ1) is 14.1. The molecule has 8 heteroatoms. The van der Waals surface area contributed by atoms with E-state index in [0.29, 0.717) is 17.9 Å². The van der Waals surface area contributed by atoms with Gasteiger partial charge in [0.25, 0.3) is 0 Å². The Morgan fingerprint density at radius 1 is 1.14 bits per heavy atom. The summed E-state index contributed by atoms with van der Waals surface area (Å²) in [5.41, 5.74) is 5.58. The first kappa shape index (κ1) is 18.8. The van der Waals surface area contributed by atoms with Crippen LogP contribution in [0.2, 0.25) is 0 Å². The number of rotatable bonds is 4. The molecule has 0 bridgehead atoms. The predicted molar refractivity (Wildman–Crippen MR) is 109 cm³/mol. The molecule has 0 radical (unpaired) electrons. The second-order valence-electron chi connectivity index (χ2n) is 7.02. The number of nitrogens with one attached hydrogen (secondary N) is 3. The predicted octanol–water partition coefficient (Wildman–Crippen LogP) is 1.38. The molecule has 29 heavy (non-hydrogen) atoms. The lowest BCUT2D eigenvalue weighted by atomic mass is 9.98. The van der Waals surface area contributed by atoms with E-state index in [2.05, 4.69) is 38.4 Å². The topological polar surface area (TPSA) is 101 Å². The van der Waals surface area contributed by atoms with Gasteiger partial charge in [0.15, 0.2) is 0 Å². The molecular formula is C21H22N6O2. The molecule has 3 aromatic rings. The molecule has 1 aliphatic rings. The summed E-state index contributed by atoms with van der Waals surface area (Å²) in [6, 6.07) is 13.3. The standard InChI is InChI=1S/C21H22N6O2/c1-27-13-19(25-26-27)16-3-2-4-18(10-16)24-21(29)20(28)23-11-14-5-6-17-12-22-8-7-15(17)9-14/h2-6,9-10,13,22H,7-8,11-12H2,1H3,(H,23,28)(H,24,29). The highest BCUT2D eigenvalue weighted by Gasteiger charge is 2.15. The molecule has 1 aliphatic heterocycles. The zero-order valence-corrected chi connectivity index (χ0v) is 16.1. The normalized spacial score (nSPS) is 12.9. The quantitative estimate of drug-likeness (QED) is 0.585. The maximum Gasteiger partial charge on any atom is 0.313 e. The molecule has 0 atom stereocenters. The Hall–Kier alpha value is -3.52. The van der Waals surface area contributed by atoms with Crippen molar-refractivity contribution in [2.45, 2.75) is 19.5 Å². The number of aromatic nitrogens is 3. The van der Waals surface area contributed by atoms with E-state index >= 15 is 0 Å². The van der Waals surface area contributed by atoms with Crippen molar-refractivity contribution in [1.29, 1.82) is 0 Å². The van der Waals surface area contributed by atoms with Crippen molar-refractivity contribution in [1.82, 2.24) is 25.6 Å². The van der Waals surface area contributed by atoms with Gasteiger partial charge in [-0.05, 0) is 41.8 Å². The number of anilines is 1. The van der Waals surface area contributed by atoms with E-state index in [4.69, 9.17) is 0 Å². The summed E-state index contributed by atoms with van der Waals surface area (Å²) in [6.07, 6.45) is 2.75. The van der Waals surface area contributed by atoms with E-state index in [-0.39, 0.29) is 0 Å². The fourth-order valence-corrected chi connectivity index (χ4v) is 3.33. The lowest BCUT2D eigenvalue weighted by molar-refractivity contribution is -0.136. The molecule has 0 saturated carbocycles. The highest BCUT2D eigenvalue weighted by molar-refractivity contribution is 6.39. The van der Waals surface area contributed by atoms with Gasteiger partial charge < -0.3 is 16.0 Å². The van der Waals surface area contributed by atoms with Crippen LogP contribution in [0.3, 0.4) is 0 Å². The largest absolute Gasteiger partial charge is 0.344 e. The van der Waals surface area contributed by atoms with Gasteiger partial charge in [-0.3, -0.25) is 14.3 Å². The lowest BCUT2D eigenvalue weighted by Crippen LogP contribution is -2.35. The minimum absolute atomic E-state index is 0.312. The van der Waals surface area contributed by atoms with Crippen molar-refractivity contribution < 1.29 is 9.59 Å². The van der Waals surface area contributed by atoms with Gasteiger partial charge in [-0.15, -0.1) is 5.10 Å². The molecule has 3 N–H and O–H groups in total. The summed E-state index contributed by atoms with van der Waals surface area (Å²) in [5.74, 6) is -1.38. The van der Waals surface area contributed by atoms with Crippen molar-refractivity contribution in [3.05, 3.63) is 65.4 Å². The third-order valence-corrected chi connectivity index (χ3v) is 4.84. The average Bonchev–Trinajstić information content (AvgIpc) is 3.18. The van der Waals surface area contributed by atoms with E-state index in [0.717, 1.165) is 30.6 Å². The fourth-order valence-electron chi connectivity index (χ4n) is 3.33. The summed E-state index contributed by atoms with van der Waals surface area (Å²) in [7, 11) is 1.78. The lowest BCUT2D eigenvalue weighted by Gasteiger charge is -2.18. The number of benzene rings is 2. The molecule has 2 heterocycles. The van der Waals surface area contributed by atoms with Crippen LogP contribution in [-0.2, 0) is 36.1 Å². The van der Waals surface area contributed by atoms with Gasteiger partial charge in [0, 0.05) is 31.4 Å². The second-order valence-corrected chi connectivity index (χ2v) is 7.02. The van der Waals surface area contributed by atoms with Crippen molar-refractivity contribution in [2.75, 3.05) is 11.9 Å². The number of nitrogens with zero attached hydrogens (tertiary/aromatic N) is 3. The third kappa shape index (κ3) is 4.49. The number of hydrogen-bond acceptors (Lipinski definition) is 5. The molecule has 8 nitrogen and oxygen atoms in total. The van der Waals surface area contributed by atoms with Crippen molar-refractivity contribution in [3.63, 3.8) is 0 Å². The van der Waals surface area contributed by atoms with E-state index < -0.39 is 11.8 Å². The maximum absolute atomic E-state index is 12.3. The van der Waals surface area contributed by atoms with E-state index in [1.165, 1.54) is 11.1 Å². The molecule has 0 spiro atoms. The Labute approximate surface area is 168 Å². The minimum Gasteiger partial charge on any atom is -0.344 e. The minimum atomic E-state index is -0.705. The number of fused-ring (bicyclic) bond motifs is 1. The highest BCUT2D eigenvalue weighted by Crippen LogP contribution is 2.20. The third-order valence-electron chi connectivity index (χ3n) is 4.84. The smallest absolute Gasteiger partial charge is 0.313 e. The van der Waals surface area contributed by atoms with Gasteiger partial charge in [-0.1, -0.05) is 35.5 Å². The number of aryl methyl sites for hydroxylation is 1. The van der Waals surface area contributed by atoms with Crippen LogP contribution in [0.5, 0.6) is 0 Å².